The van der Waals surface area contributed by atoms with Crippen molar-refractivity contribution in [3.05, 3.63) is 59.7 Å². The van der Waals surface area contributed by atoms with Crippen molar-refractivity contribution in [1.82, 2.24) is 3.59 Å². The lowest BCUT2D eigenvalue weighted by Gasteiger charge is -1.99. The average Bonchev–Trinajstić information content (AvgIpc) is 3.00. The van der Waals surface area contributed by atoms with Gasteiger partial charge < -0.3 is 5.11 Å². The van der Waals surface area contributed by atoms with E-state index in [0.29, 0.717) is 0 Å². The molecule has 3 aromatic rings. The van der Waals surface area contributed by atoms with Crippen LogP contribution in [0, 0.1) is 0 Å². The molecule has 0 aliphatic carbocycles. The van der Waals surface area contributed by atoms with E-state index in [1.807, 2.05) is 42.5 Å². The van der Waals surface area contributed by atoms with Crippen LogP contribution in [0.3, 0.4) is 0 Å². The summed E-state index contributed by atoms with van der Waals surface area (Å²) in [6, 6.07) is 16.0. The molecule has 0 atom stereocenters. The van der Waals surface area contributed by atoms with Crippen LogP contribution in [-0.2, 0) is 6.42 Å². The number of aliphatic imine (C=N–C) groups is 1. The highest BCUT2D eigenvalue weighted by Gasteiger charge is 2.23. The third kappa shape index (κ3) is 1.55. The fourth-order valence-corrected chi connectivity index (χ4v) is 3.24. The van der Waals surface area contributed by atoms with Crippen LogP contribution >= 0.6 is 16.1 Å². The summed E-state index contributed by atoms with van der Waals surface area (Å²) >= 11 is 3.40. The normalized spacial score (nSPS) is 13.6. The molecule has 0 saturated heterocycles. The van der Waals surface area contributed by atoms with Gasteiger partial charge in [-0.1, -0.05) is 36.4 Å². The molecule has 0 unspecified atom stereocenters. The highest BCUT2D eigenvalue weighted by atomic mass is 79.9. The lowest BCUT2D eigenvalue weighted by Crippen LogP contribution is -1.99. The van der Waals surface area contributed by atoms with E-state index in [9.17, 15) is 5.11 Å². The highest BCUT2D eigenvalue weighted by Crippen LogP contribution is 2.37. The lowest BCUT2D eigenvalue weighted by molar-refractivity contribution is 0.453. The van der Waals surface area contributed by atoms with Gasteiger partial charge in [0.25, 0.3) is 0 Å². The Kier molecular flexibility index (Phi) is 2.47. The van der Waals surface area contributed by atoms with Crippen molar-refractivity contribution in [1.29, 1.82) is 0 Å². The van der Waals surface area contributed by atoms with Crippen LogP contribution in [0.2, 0.25) is 0 Å². The fraction of sp³-hybridized carbons (Fsp3) is 0.0625. The van der Waals surface area contributed by atoms with Crippen molar-refractivity contribution in [3.8, 4) is 5.88 Å². The molecule has 1 aliphatic rings. The first-order valence-corrected chi connectivity index (χ1v) is 7.11. The first-order valence-electron chi connectivity index (χ1n) is 6.40. The number of aromatic hydroxyl groups is 1. The summed E-state index contributed by atoms with van der Waals surface area (Å²) in [6.45, 7) is 0. The number of fused-ring (bicyclic) bond motifs is 2. The van der Waals surface area contributed by atoms with Gasteiger partial charge in [0.1, 0.15) is 0 Å². The van der Waals surface area contributed by atoms with Crippen LogP contribution in [0.5, 0.6) is 5.88 Å². The topological polar surface area (TPSA) is 37.5 Å². The maximum absolute atomic E-state index is 10.4. The number of rotatable bonds is 1. The zero-order valence-corrected chi connectivity index (χ0v) is 12.1. The predicted molar refractivity (Wildman–Crippen MR) is 84.3 cm³/mol. The van der Waals surface area contributed by atoms with E-state index in [-0.39, 0.29) is 5.88 Å². The highest BCUT2D eigenvalue weighted by molar-refractivity contribution is 9.08. The standard InChI is InChI=1S/C16H11BrN2O/c17-19-14-8-4-2-6-11(14)15(16(19)20)13-9-10-5-1-3-7-12(10)18-13/h1-8,20H,9H2. The second-order valence-corrected chi connectivity index (χ2v) is 5.57. The van der Waals surface area contributed by atoms with Crippen LogP contribution in [-0.4, -0.2) is 14.4 Å². The molecule has 0 radical (unpaired) electrons. The number of halogens is 1. The van der Waals surface area contributed by atoms with E-state index < -0.39 is 0 Å². The van der Waals surface area contributed by atoms with Crippen molar-refractivity contribution in [3.63, 3.8) is 0 Å². The number of para-hydroxylation sites is 2. The maximum atomic E-state index is 10.4. The Morgan fingerprint density at radius 2 is 1.80 bits per heavy atom. The van der Waals surface area contributed by atoms with Crippen molar-refractivity contribution in [2.45, 2.75) is 6.42 Å². The minimum Gasteiger partial charge on any atom is -0.493 e. The third-order valence-corrected chi connectivity index (χ3v) is 4.41. The summed E-state index contributed by atoms with van der Waals surface area (Å²) in [5.74, 6) is 0.206. The molecule has 0 amide bonds. The Labute approximate surface area is 124 Å². The Hall–Kier alpha value is -2.07. The van der Waals surface area contributed by atoms with Gasteiger partial charge in [0.15, 0.2) is 0 Å². The Morgan fingerprint density at radius 3 is 2.65 bits per heavy atom. The molecular weight excluding hydrogens is 316 g/mol. The van der Waals surface area contributed by atoms with Gasteiger partial charge in [-0.3, -0.25) is 4.99 Å². The monoisotopic (exact) mass is 326 g/mol. The molecule has 1 N–H and O–H groups in total. The summed E-state index contributed by atoms with van der Waals surface area (Å²) in [7, 11) is 0. The number of nitrogens with zero attached hydrogens (tertiary/aromatic N) is 2. The van der Waals surface area contributed by atoms with E-state index in [1.165, 1.54) is 5.56 Å². The molecule has 20 heavy (non-hydrogen) atoms. The van der Waals surface area contributed by atoms with Gasteiger partial charge in [0.05, 0.1) is 38.6 Å². The average molecular weight is 327 g/mol. The molecular formula is C16H11BrN2O. The zero-order chi connectivity index (χ0) is 13.7. The minimum atomic E-state index is 0.206. The first kappa shape index (κ1) is 11.7. The molecule has 0 bridgehead atoms. The van der Waals surface area contributed by atoms with E-state index in [2.05, 4.69) is 27.2 Å². The lowest BCUT2D eigenvalue weighted by atomic mass is 10.0. The summed E-state index contributed by atoms with van der Waals surface area (Å²) in [5, 5.41) is 11.4. The summed E-state index contributed by atoms with van der Waals surface area (Å²) in [4.78, 5) is 4.67. The van der Waals surface area contributed by atoms with Gasteiger partial charge in [-0.2, -0.15) is 0 Å². The molecule has 2 aromatic carbocycles. The largest absolute Gasteiger partial charge is 0.493 e. The number of benzene rings is 2. The fourth-order valence-electron chi connectivity index (χ4n) is 2.75. The molecule has 3 nitrogen and oxygen atoms in total. The SMILES string of the molecule is Oc1c(C2=Nc3ccccc3C2)c2ccccc2n1Br. The second kappa shape index (κ2) is 4.21. The molecule has 0 saturated carbocycles. The summed E-state index contributed by atoms with van der Waals surface area (Å²) < 4.78 is 1.63. The van der Waals surface area contributed by atoms with E-state index >= 15 is 0 Å². The van der Waals surface area contributed by atoms with Crippen molar-refractivity contribution in [2.75, 3.05) is 0 Å². The molecule has 4 rings (SSSR count). The molecule has 2 heterocycles. The van der Waals surface area contributed by atoms with Crippen LogP contribution in [0.15, 0.2) is 53.5 Å². The van der Waals surface area contributed by atoms with Gasteiger partial charge in [0.2, 0.25) is 5.88 Å². The first-order chi connectivity index (χ1) is 9.75. The van der Waals surface area contributed by atoms with Crippen molar-refractivity contribution < 1.29 is 5.11 Å². The molecule has 1 aromatic heterocycles. The molecule has 98 valence electrons. The summed E-state index contributed by atoms with van der Waals surface area (Å²) in [5.41, 5.74) is 4.87. The Bertz CT molecular complexity index is 864. The second-order valence-electron chi connectivity index (χ2n) is 4.86. The third-order valence-electron chi connectivity index (χ3n) is 3.69. The number of hydrogen-bond donors (Lipinski definition) is 1. The quantitative estimate of drug-likeness (QED) is 0.715. The smallest absolute Gasteiger partial charge is 0.211 e. The van der Waals surface area contributed by atoms with E-state index in [1.54, 1.807) is 3.59 Å². The van der Waals surface area contributed by atoms with Crippen LogP contribution in [0.25, 0.3) is 10.9 Å². The number of hydrogen-bond acceptors (Lipinski definition) is 2. The van der Waals surface area contributed by atoms with E-state index in [4.69, 9.17) is 0 Å². The Morgan fingerprint density at radius 1 is 1.05 bits per heavy atom. The maximum Gasteiger partial charge on any atom is 0.211 e. The van der Waals surface area contributed by atoms with Crippen LogP contribution < -0.4 is 0 Å². The van der Waals surface area contributed by atoms with Gasteiger partial charge in [-0.25, -0.2) is 3.59 Å². The minimum absolute atomic E-state index is 0.206. The number of aromatic nitrogens is 1. The molecule has 0 fully saturated rings. The Balaban J connectivity index is 1.96. The summed E-state index contributed by atoms with van der Waals surface area (Å²) in [6.07, 6.45) is 0.755. The van der Waals surface area contributed by atoms with Gasteiger partial charge in [0, 0.05) is 11.8 Å². The van der Waals surface area contributed by atoms with Gasteiger partial charge >= 0.3 is 0 Å². The molecule has 4 heteroatoms. The molecule has 0 spiro atoms. The predicted octanol–water partition coefficient (Wildman–Crippen LogP) is 4.18. The van der Waals surface area contributed by atoms with Crippen LogP contribution in [0.1, 0.15) is 11.1 Å². The van der Waals surface area contributed by atoms with Gasteiger partial charge in [-0.15, -0.1) is 0 Å². The molecule has 1 aliphatic heterocycles. The zero-order valence-electron chi connectivity index (χ0n) is 10.5. The van der Waals surface area contributed by atoms with Crippen molar-refractivity contribution >= 4 is 38.4 Å². The van der Waals surface area contributed by atoms with E-state index in [0.717, 1.165) is 34.3 Å². The van der Waals surface area contributed by atoms with Crippen LogP contribution in [0.4, 0.5) is 5.69 Å². The van der Waals surface area contributed by atoms with Crippen molar-refractivity contribution in [2.24, 2.45) is 4.99 Å². The van der Waals surface area contributed by atoms with Gasteiger partial charge in [-0.05, 0) is 17.7 Å².